The number of carboxylic acid groups (broad SMARTS) is 1. The molecular formula is C14H21N3O3. The van der Waals surface area contributed by atoms with Crippen molar-refractivity contribution < 1.29 is 14.7 Å². The van der Waals surface area contributed by atoms with Crippen molar-refractivity contribution in [3.05, 3.63) is 29.3 Å². The maximum absolute atomic E-state index is 11.5. The number of carbonyl (C=O) groups is 2. The zero-order valence-corrected chi connectivity index (χ0v) is 12.0. The molecule has 1 rings (SSSR count). The molecule has 0 bridgehead atoms. The highest BCUT2D eigenvalue weighted by Crippen LogP contribution is 2.18. The number of aromatic carboxylic acids is 1. The van der Waals surface area contributed by atoms with E-state index in [2.05, 4.69) is 5.32 Å². The largest absolute Gasteiger partial charge is 0.478 e. The van der Waals surface area contributed by atoms with E-state index in [1.807, 2.05) is 18.9 Å². The number of benzene rings is 1. The van der Waals surface area contributed by atoms with Crippen molar-refractivity contribution in [1.29, 1.82) is 0 Å². The fourth-order valence-electron chi connectivity index (χ4n) is 2.16. The third kappa shape index (κ3) is 3.96. The van der Waals surface area contributed by atoms with Crippen molar-refractivity contribution in [3.8, 4) is 0 Å². The van der Waals surface area contributed by atoms with Gasteiger partial charge in [-0.05, 0) is 18.7 Å². The van der Waals surface area contributed by atoms with Gasteiger partial charge in [-0.3, -0.25) is 4.79 Å². The summed E-state index contributed by atoms with van der Waals surface area (Å²) in [6, 6.07) is 5.04. The van der Waals surface area contributed by atoms with Gasteiger partial charge in [0.05, 0.1) is 5.56 Å². The van der Waals surface area contributed by atoms with Crippen molar-refractivity contribution in [2.45, 2.75) is 13.5 Å². The molecule has 4 N–H and O–H groups in total. The molecule has 0 radical (unpaired) electrons. The normalized spacial score (nSPS) is 12.2. The minimum atomic E-state index is -1.04. The minimum absolute atomic E-state index is 0.0390. The number of nitrogens with zero attached hydrogens (tertiary/aromatic N) is 1. The molecule has 0 aliphatic carbocycles. The van der Waals surface area contributed by atoms with Crippen LogP contribution in [0.1, 0.15) is 22.8 Å². The van der Waals surface area contributed by atoms with Gasteiger partial charge >= 0.3 is 5.97 Å². The summed E-state index contributed by atoms with van der Waals surface area (Å²) in [4.78, 5) is 24.6. The molecule has 0 aliphatic heterocycles. The fraction of sp³-hybridized carbons (Fsp3) is 0.429. The second-order valence-corrected chi connectivity index (χ2v) is 4.90. The van der Waals surface area contributed by atoms with Crippen LogP contribution in [0.5, 0.6) is 0 Å². The van der Waals surface area contributed by atoms with Gasteiger partial charge in [0.15, 0.2) is 0 Å². The lowest BCUT2D eigenvalue weighted by molar-refractivity contribution is -0.124. The SMILES string of the molecule is CNC(=O)C(C)CN(C)Cc1cccc(N)c1C(=O)O. The molecule has 0 aliphatic rings. The number of anilines is 1. The molecule has 0 spiro atoms. The van der Waals surface area contributed by atoms with Crippen LogP contribution >= 0.6 is 0 Å². The van der Waals surface area contributed by atoms with E-state index in [9.17, 15) is 14.7 Å². The van der Waals surface area contributed by atoms with Crippen molar-refractivity contribution in [2.24, 2.45) is 5.92 Å². The predicted molar refractivity (Wildman–Crippen MR) is 77.4 cm³/mol. The number of carboxylic acids is 1. The molecule has 0 aromatic heterocycles. The molecule has 0 heterocycles. The first-order valence-corrected chi connectivity index (χ1v) is 6.37. The zero-order chi connectivity index (χ0) is 15.3. The number of nitrogens with one attached hydrogen (secondary N) is 1. The summed E-state index contributed by atoms with van der Waals surface area (Å²) in [5, 5.41) is 11.8. The first-order valence-electron chi connectivity index (χ1n) is 6.37. The van der Waals surface area contributed by atoms with Gasteiger partial charge in [-0.25, -0.2) is 4.79 Å². The molecule has 6 heteroatoms. The van der Waals surface area contributed by atoms with Crippen LogP contribution in [0.3, 0.4) is 0 Å². The van der Waals surface area contributed by atoms with Gasteiger partial charge in [0, 0.05) is 31.7 Å². The van der Waals surface area contributed by atoms with E-state index in [0.717, 1.165) is 0 Å². The van der Waals surface area contributed by atoms with Crippen LogP contribution in [-0.4, -0.2) is 42.5 Å². The summed E-state index contributed by atoms with van der Waals surface area (Å²) in [6.07, 6.45) is 0. The summed E-state index contributed by atoms with van der Waals surface area (Å²) in [7, 11) is 3.44. The van der Waals surface area contributed by atoms with Crippen LogP contribution in [-0.2, 0) is 11.3 Å². The van der Waals surface area contributed by atoms with Crippen LogP contribution in [0.4, 0.5) is 5.69 Å². The quantitative estimate of drug-likeness (QED) is 0.669. The summed E-state index contributed by atoms with van der Waals surface area (Å²) in [5.41, 5.74) is 6.73. The van der Waals surface area contributed by atoms with E-state index in [0.29, 0.717) is 18.7 Å². The van der Waals surface area contributed by atoms with Gasteiger partial charge < -0.3 is 21.1 Å². The van der Waals surface area contributed by atoms with E-state index >= 15 is 0 Å². The smallest absolute Gasteiger partial charge is 0.338 e. The van der Waals surface area contributed by atoms with Crippen LogP contribution in [0.25, 0.3) is 0 Å². The van der Waals surface area contributed by atoms with Crippen LogP contribution in [0.2, 0.25) is 0 Å². The lowest BCUT2D eigenvalue weighted by Crippen LogP contribution is -2.34. The number of nitrogens with two attached hydrogens (primary N) is 1. The molecule has 1 aromatic carbocycles. The standard InChI is InChI=1S/C14H21N3O3/c1-9(13(18)16-2)7-17(3)8-10-5-4-6-11(15)12(10)14(19)20/h4-6,9H,7-8,15H2,1-3H3,(H,16,18)(H,19,20). The Morgan fingerprint density at radius 2 is 2.10 bits per heavy atom. The van der Waals surface area contributed by atoms with Gasteiger partial charge in [0.1, 0.15) is 0 Å². The first kappa shape index (κ1) is 16.0. The van der Waals surface area contributed by atoms with Crippen LogP contribution < -0.4 is 11.1 Å². The van der Waals surface area contributed by atoms with E-state index in [1.54, 1.807) is 25.2 Å². The number of hydrogen-bond donors (Lipinski definition) is 3. The average molecular weight is 279 g/mol. The molecule has 0 saturated heterocycles. The molecule has 1 unspecified atom stereocenters. The lowest BCUT2D eigenvalue weighted by atomic mass is 10.0. The average Bonchev–Trinajstić information content (AvgIpc) is 2.36. The van der Waals surface area contributed by atoms with E-state index in [1.165, 1.54) is 0 Å². The maximum atomic E-state index is 11.5. The highest BCUT2D eigenvalue weighted by Gasteiger charge is 2.17. The maximum Gasteiger partial charge on any atom is 0.338 e. The Kier molecular flexibility index (Phi) is 5.52. The van der Waals surface area contributed by atoms with Crippen molar-refractivity contribution in [3.63, 3.8) is 0 Å². The molecule has 110 valence electrons. The van der Waals surface area contributed by atoms with E-state index in [-0.39, 0.29) is 23.1 Å². The van der Waals surface area contributed by atoms with Gasteiger partial charge in [-0.15, -0.1) is 0 Å². The molecule has 0 saturated carbocycles. The second kappa shape index (κ2) is 6.91. The van der Waals surface area contributed by atoms with E-state index < -0.39 is 5.97 Å². The summed E-state index contributed by atoms with van der Waals surface area (Å²) < 4.78 is 0. The topological polar surface area (TPSA) is 95.7 Å². The minimum Gasteiger partial charge on any atom is -0.478 e. The third-order valence-electron chi connectivity index (χ3n) is 3.12. The van der Waals surface area contributed by atoms with Crippen LogP contribution in [0, 0.1) is 5.92 Å². The lowest BCUT2D eigenvalue weighted by Gasteiger charge is -2.21. The number of hydrogen-bond acceptors (Lipinski definition) is 4. The second-order valence-electron chi connectivity index (χ2n) is 4.90. The first-order chi connectivity index (χ1) is 9.36. The Morgan fingerprint density at radius 3 is 2.65 bits per heavy atom. The van der Waals surface area contributed by atoms with Crippen molar-refractivity contribution in [1.82, 2.24) is 10.2 Å². The Bertz CT molecular complexity index is 502. The molecule has 1 amide bonds. The third-order valence-corrected chi connectivity index (χ3v) is 3.12. The summed E-state index contributed by atoms with van der Waals surface area (Å²) in [5.74, 6) is -1.24. The Labute approximate surface area is 118 Å². The molecule has 1 aromatic rings. The van der Waals surface area contributed by atoms with Gasteiger partial charge in [-0.2, -0.15) is 0 Å². The Hall–Kier alpha value is -2.08. The monoisotopic (exact) mass is 279 g/mol. The fourth-order valence-corrected chi connectivity index (χ4v) is 2.16. The predicted octanol–water partition coefficient (Wildman–Crippen LogP) is 0.781. The van der Waals surface area contributed by atoms with Gasteiger partial charge in [0.25, 0.3) is 0 Å². The Balaban J connectivity index is 2.81. The number of carbonyl (C=O) groups excluding carboxylic acids is 1. The number of nitrogen functional groups attached to an aromatic ring is 1. The Morgan fingerprint density at radius 1 is 1.45 bits per heavy atom. The van der Waals surface area contributed by atoms with Crippen LogP contribution in [0.15, 0.2) is 18.2 Å². The number of rotatable bonds is 6. The number of amides is 1. The highest BCUT2D eigenvalue weighted by molar-refractivity contribution is 5.95. The highest BCUT2D eigenvalue weighted by atomic mass is 16.4. The summed E-state index contributed by atoms with van der Waals surface area (Å²) in [6.45, 7) is 2.79. The molecule has 20 heavy (non-hydrogen) atoms. The molecule has 6 nitrogen and oxygen atoms in total. The van der Waals surface area contributed by atoms with Gasteiger partial charge in [0.2, 0.25) is 5.91 Å². The molecule has 0 fully saturated rings. The van der Waals surface area contributed by atoms with Crippen molar-refractivity contribution >= 4 is 17.6 Å². The molecule has 1 atom stereocenters. The van der Waals surface area contributed by atoms with E-state index in [4.69, 9.17) is 5.73 Å². The van der Waals surface area contributed by atoms with Gasteiger partial charge in [-0.1, -0.05) is 19.1 Å². The molecular weight excluding hydrogens is 258 g/mol. The summed E-state index contributed by atoms with van der Waals surface area (Å²) >= 11 is 0. The zero-order valence-electron chi connectivity index (χ0n) is 12.0. The van der Waals surface area contributed by atoms with Crippen molar-refractivity contribution in [2.75, 3.05) is 26.4 Å².